The SMILES string of the molecule is CC1CN(CCOc2ccc(N3C(=S)N(c4ccc(C#N)c(C(F)(F)F)c4)C(=O)C3(C)C)cc2CCF)CCN1CC(=O)Nc1cccc(NC2CCC(=O)NC2=O)c1. The number of aryl methyl sites for hydroxylation is 1. The maximum atomic E-state index is 13.8. The Hall–Kier alpha value is -5.64. The van der Waals surface area contributed by atoms with Gasteiger partial charge >= 0.3 is 6.18 Å². The van der Waals surface area contributed by atoms with Crippen LogP contribution in [0.5, 0.6) is 5.75 Å². The number of ether oxygens (including phenoxy) is 1. The van der Waals surface area contributed by atoms with Gasteiger partial charge in [0.15, 0.2) is 5.11 Å². The fraction of sp³-hybridized carbons (Fsp3) is 0.415. The topological polar surface area (TPSA) is 150 Å². The number of piperidine rings is 1. The van der Waals surface area contributed by atoms with Crippen LogP contribution in [-0.4, -0.2) is 102 Å². The maximum Gasteiger partial charge on any atom is 0.417 e. The van der Waals surface area contributed by atoms with Crippen molar-refractivity contribution in [1.29, 1.82) is 5.26 Å². The predicted molar refractivity (Wildman–Crippen MR) is 217 cm³/mol. The number of hydrogen-bond acceptors (Lipinski definition) is 10. The van der Waals surface area contributed by atoms with Gasteiger partial charge in [0.1, 0.15) is 23.9 Å². The van der Waals surface area contributed by atoms with Gasteiger partial charge in [-0.2, -0.15) is 18.4 Å². The average molecular weight is 837 g/mol. The lowest BCUT2D eigenvalue weighted by atomic mass is 10.0. The van der Waals surface area contributed by atoms with Crippen molar-refractivity contribution >= 4 is 63.7 Å². The summed E-state index contributed by atoms with van der Waals surface area (Å²) in [6, 6.07) is 16.1. The van der Waals surface area contributed by atoms with Crippen molar-refractivity contribution in [3.05, 3.63) is 77.4 Å². The van der Waals surface area contributed by atoms with Gasteiger partial charge in [-0.25, -0.2) is 0 Å². The smallest absolute Gasteiger partial charge is 0.417 e. The molecule has 3 aromatic rings. The largest absolute Gasteiger partial charge is 0.492 e. The van der Waals surface area contributed by atoms with Crippen molar-refractivity contribution in [3.63, 3.8) is 0 Å². The monoisotopic (exact) mass is 836 g/mol. The van der Waals surface area contributed by atoms with Crippen LogP contribution in [0.15, 0.2) is 60.7 Å². The molecule has 0 aliphatic carbocycles. The Morgan fingerprint density at radius 3 is 2.49 bits per heavy atom. The lowest BCUT2D eigenvalue weighted by Gasteiger charge is -2.39. The number of thiocarbonyl (C=S) groups is 1. The fourth-order valence-electron chi connectivity index (χ4n) is 7.50. The quantitative estimate of drug-likeness (QED) is 0.118. The summed E-state index contributed by atoms with van der Waals surface area (Å²) < 4.78 is 61.3. The molecule has 13 nitrogen and oxygen atoms in total. The summed E-state index contributed by atoms with van der Waals surface area (Å²) in [7, 11) is 0. The number of benzene rings is 3. The van der Waals surface area contributed by atoms with Gasteiger partial charge in [-0.1, -0.05) is 6.07 Å². The molecule has 59 heavy (non-hydrogen) atoms. The number of amides is 4. The van der Waals surface area contributed by atoms with Gasteiger partial charge in [0.05, 0.1) is 36.1 Å². The van der Waals surface area contributed by atoms with Gasteiger partial charge in [-0.15, -0.1) is 0 Å². The number of hydrogen-bond donors (Lipinski definition) is 3. The standard InChI is InChI=1S/C41H44F4N8O5S/c1-25-23-50(15-16-51(25)24-36(55)48-29-6-4-5-28(20-29)47-33-10-12-35(54)49-37(33)56)17-18-58-34-11-9-31(19-26(34)13-14-42)53-39(59)52(38(57)40(53,2)3)30-8-7-27(22-46)32(21-30)41(43,44)45/h4-9,11,19-21,25,33,47H,10,12-18,23-24H2,1-3H3,(H,48,55)(H,49,54,56). The van der Waals surface area contributed by atoms with Crippen LogP contribution in [0.1, 0.15) is 50.3 Å². The van der Waals surface area contributed by atoms with E-state index in [2.05, 4.69) is 25.8 Å². The molecule has 3 heterocycles. The molecule has 312 valence electrons. The molecule has 0 spiro atoms. The predicted octanol–water partition coefficient (Wildman–Crippen LogP) is 5.25. The molecule has 3 fully saturated rings. The summed E-state index contributed by atoms with van der Waals surface area (Å²) in [5, 5.41) is 17.5. The van der Waals surface area contributed by atoms with Crippen molar-refractivity contribution < 1.29 is 41.5 Å². The zero-order valence-electron chi connectivity index (χ0n) is 32.7. The zero-order valence-corrected chi connectivity index (χ0v) is 33.5. The number of carbonyl (C=O) groups excluding carboxylic acids is 4. The molecule has 0 aromatic heterocycles. The minimum atomic E-state index is -4.83. The highest BCUT2D eigenvalue weighted by atomic mass is 32.1. The highest BCUT2D eigenvalue weighted by molar-refractivity contribution is 7.81. The van der Waals surface area contributed by atoms with E-state index in [0.29, 0.717) is 61.0 Å². The first-order valence-corrected chi connectivity index (χ1v) is 19.5. The minimum absolute atomic E-state index is 0.00481. The third-order valence-electron chi connectivity index (χ3n) is 10.6. The molecule has 3 aliphatic heterocycles. The minimum Gasteiger partial charge on any atom is -0.492 e. The van der Waals surface area contributed by atoms with E-state index in [4.69, 9.17) is 17.0 Å². The first kappa shape index (κ1) is 43.0. The van der Waals surface area contributed by atoms with Crippen molar-refractivity contribution in [3.8, 4) is 11.8 Å². The molecule has 2 unspecified atom stereocenters. The van der Waals surface area contributed by atoms with Gasteiger partial charge in [-0.3, -0.25) is 43.6 Å². The summed E-state index contributed by atoms with van der Waals surface area (Å²) in [6.45, 7) is 7.54. The number of rotatable bonds is 13. The van der Waals surface area contributed by atoms with Crippen LogP contribution in [0.3, 0.4) is 0 Å². The summed E-state index contributed by atoms with van der Waals surface area (Å²) in [6.07, 6.45) is -4.19. The van der Waals surface area contributed by atoms with Crippen LogP contribution in [0.4, 0.5) is 40.3 Å². The molecule has 6 rings (SSSR count). The molecule has 3 aromatic carbocycles. The number of alkyl halides is 4. The summed E-state index contributed by atoms with van der Waals surface area (Å²) in [5.74, 6) is -0.993. The third kappa shape index (κ3) is 9.64. The van der Waals surface area contributed by atoms with Crippen LogP contribution >= 0.6 is 12.2 Å². The second-order valence-electron chi connectivity index (χ2n) is 15.1. The van der Waals surface area contributed by atoms with Crippen LogP contribution in [0.2, 0.25) is 0 Å². The van der Waals surface area contributed by atoms with E-state index in [0.717, 1.165) is 17.0 Å². The Balaban J connectivity index is 1.03. The Morgan fingerprint density at radius 1 is 1.05 bits per heavy atom. The van der Waals surface area contributed by atoms with Crippen molar-refractivity contribution in [2.75, 3.05) is 66.4 Å². The van der Waals surface area contributed by atoms with Crippen LogP contribution in [0.25, 0.3) is 0 Å². The Morgan fingerprint density at radius 2 is 1.80 bits per heavy atom. The van der Waals surface area contributed by atoms with Crippen molar-refractivity contribution in [2.24, 2.45) is 0 Å². The van der Waals surface area contributed by atoms with E-state index >= 15 is 0 Å². The molecule has 3 saturated heterocycles. The van der Waals surface area contributed by atoms with E-state index in [1.807, 2.05) is 6.92 Å². The maximum absolute atomic E-state index is 13.8. The number of anilines is 4. The molecular formula is C41H44F4N8O5S. The van der Waals surface area contributed by atoms with Crippen LogP contribution in [-0.2, 0) is 31.8 Å². The van der Waals surface area contributed by atoms with Crippen molar-refractivity contribution in [2.45, 2.75) is 63.8 Å². The van der Waals surface area contributed by atoms with Crippen LogP contribution < -0.4 is 30.5 Å². The average Bonchev–Trinajstić information content (AvgIpc) is 3.35. The number of nitriles is 1. The van der Waals surface area contributed by atoms with E-state index in [1.54, 1.807) is 56.3 Å². The number of imide groups is 1. The van der Waals surface area contributed by atoms with Gasteiger partial charge in [-0.05, 0) is 99.6 Å². The second-order valence-corrected chi connectivity index (χ2v) is 15.5. The highest BCUT2D eigenvalue weighted by Gasteiger charge is 2.51. The lowest BCUT2D eigenvalue weighted by Crippen LogP contribution is -2.54. The van der Waals surface area contributed by atoms with Crippen molar-refractivity contribution in [1.82, 2.24) is 15.1 Å². The Kier molecular flexibility index (Phi) is 12.9. The van der Waals surface area contributed by atoms with Gasteiger partial charge < -0.3 is 20.3 Å². The van der Waals surface area contributed by atoms with E-state index in [-0.39, 0.29) is 60.6 Å². The fourth-order valence-corrected chi connectivity index (χ4v) is 8.02. The lowest BCUT2D eigenvalue weighted by molar-refractivity contribution is -0.138. The third-order valence-corrected chi connectivity index (χ3v) is 11.0. The molecule has 2 atom stereocenters. The molecule has 0 saturated carbocycles. The first-order valence-electron chi connectivity index (χ1n) is 19.1. The molecular weight excluding hydrogens is 793 g/mol. The van der Waals surface area contributed by atoms with E-state index in [1.165, 1.54) is 17.0 Å². The molecule has 3 aliphatic rings. The highest BCUT2D eigenvalue weighted by Crippen LogP contribution is 2.40. The summed E-state index contributed by atoms with van der Waals surface area (Å²) in [4.78, 5) is 57.1. The van der Waals surface area contributed by atoms with Gasteiger partial charge in [0.2, 0.25) is 17.7 Å². The van der Waals surface area contributed by atoms with Gasteiger partial charge in [0, 0.05) is 62.1 Å². The molecule has 0 bridgehead atoms. The summed E-state index contributed by atoms with van der Waals surface area (Å²) in [5.41, 5.74) is -1.04. The number of nitrogens with zero attached hydrogens (tertiary/aromatic N) is 5. The second kappa shape index (κ2) is 17.7. The number of piperazine rings is 1. The molecule has 4 amide bonds. The normalized spacial score (nSPS) is 20.0. The zero-order chi connectivity index (χ0) is 42.6. The molecule has 18 heteroatoms. The summed E-state index contributed by atoms with van der Waals surface area (Å²) >= 11 is 5.67. The first-order chi connectivity index (χ1) is 28.0. The number of carbonyl (C=O) groups is 4. The van der Waals surface area contributed by atoms with E-state index < -0.39 is 41.5 Å². The molecule has 0 radical (unpaired) electrons. The Bertz CT molecular complexity index is 2180. The number of halogens is 4. The van der Waals surface area contributed by atoms with Gasteiger partial charge in [0.25, 0.3) is 5.91 Å². The molecule has 3 N–H and O–H groups in total. The number of nitrogens with one attached hydrogen (secondary N) is 3. The van der Waals surface area contributed by atoms with E-state index in [9.17, 15) is 42.0 Å². The van der Waals surface area contributed by atoms with Crippen LogP contribution in [0, 0.1) is 11.3 Å². The Labute approximate surface area is 344 Å².